The Labute approximate surface area is 253 Å². The number of nitrogens with zero attached hydrogens (tertiary/aromatic N) is 1. The number of carbonyl (C=O) groups is 2. The lowest BCUT2D eigenvalue weighted by Gasteiger charge is -2.35. The zero-order valence-electron chi connectivity index (χ0n) is 24.8. The molecule has 0 saturated carbocycles. The van der Waals surface area contributed by atoms with Gasteiger partial charge in [-0.2, -0.15) is 0 Å². The molecule has 8 nitrogen and oxygen atoms in total. The number of piperidine rings is 1. The fourth-order valence-corrected chi connectivity index (χ4v) is 4.94. The van der Waals surface area contributed by atoms with Crippen molar-refractivity contribution >= 4 is 18.0 Å². The van der Waals surface area contributed by atoms with E-state index in [2.05, 4.69) is 29.2 Å². The van der Waals surface area contributed by atoms with Crippen LogP contribution in [0.25, 0.3) is 6.08 Å². The van der Waals surface area contributed by atoms with E-state index in [1.54, 1.807) is 37.3 Å². The Morgan fingerprint density at radius 3 is 2.19 bits per heavy atom. The van der Waals surface area contributed by atoms with Gasteiger partial charge in [-0.25, -0.2) is 4.79 Å². The van der Waals surface area contributed by atoms with Crippen molar-refractivity contribution in [2.24, 2.45) is 5.73 Å². The van der Waals surface area contributed by atoms with Gasteiger partial charge in [0.15, 0.2) is 17.3 Å². The fourth-order valence-electron chi connectivity index (χ4n) is 4.94. The van der Waals surface area contributed by atoms with Gasteiger partial charge in [0.1, 0.15) is 6.10 Å². The van der Waals surface area contributed by atoms with Crippen LogP contribution in [0.5, 0.6) is 11.5 Å². The molecule has 4 rings (SSSR count). The quantitative estimate of drug-likeness (QED) is 0.114. The van der Waals surface area contributed by atoms with Crippen LogP contribution in [0.2, 0.25) is 0 Å². The SMILES string of the molecule is CCOC(=O)Oc1ccc(C=CC=CC(=O)C(N)CN2CCC(OC(c3ccccc3)c3ccccc3)CC2)cc1OC. The van der Waals surface area contributed by atoms with Gasteiger partial charge < -0.3 is 29.6 Å². The molecule has 0 amide bonds. The molecule has 0 aromatic heterocycles. The number of ether oxygens (including phenoxy) is 4. The van der Waals surface area contributed by atoms with Gasteiger partial charge in [0, 0.05) is 19.6 Å². The molecule has 1 aliphatic heterocycles. The number of ketones is 1. The van der Waals surface area contributed by atoms with Crippen molar-refractivity contribution in [3.63, 3.8) is 0 Å². The lowest BCUT2D eigenvalue weighted by atomic mass is 10.00. The molecule has 0 spiro atoms. The van der Waals surface area contributed by atoms with E-state index in [1.165, 1.54) is 13.2 Å². The first-order valence-corrected chi connectivity index (χ1v) is 14.6. The van der Waals surface area contributed by atoms with Crippen LogP contribution >= 0.6 is 0 Å². The molecule has 1 unspecified atom stereocenters. The van der Waals surface area contributed by atoms with Crippen molar-refractivity contribution in [2.75, 3.05) is 33.4 Å². The third-order valence-corrected chi connectivity index (χ3v) is 7.19. The van der Waals surface area contributed by atoms with Crippen LogP contribution in [0.4, 0.5) is 4.79 Å². The maximum absolute atomic E-state index is 12.7. The van der Waals surface area contributed by atoms with Crippen LogP contribution < -0.4 is 15.2 Å². The van der Waals surface area contributed by atoms with Crippen LogP contribution in [0.15, 0.2) is 97.1 Å². The molecule has 43 heavy (non-hydrogen) atoms. The van der Waals surface area contributed by atoms with Gasteiger partial charge in [-0.3, -0.25) is 4.79 Å². The van der Waals surface area contributed by atoms with Crippen LogP contribution in [0, 0.1) is 0 Å². The first kappa shape index (κ1) is 31.7. The second-order valence-corrected chi connectivity index (χ2v) is 10.3. The number of methoxy groups -OCH3 is 1. The highest BCUT2D eigenvalue weighted by Crippen LogP contribution is 2.30. The summed E-state index contributed by atoms with van der Waals surface area (Å²) < 4.78 is 21.9. The molecular weight excluding hydrogens is 544 g/mol. The minimum Gasteiger partial charge on any atom is -0.493 e. The molecule has 2 N–H and O–H groups in total. The minimum absolute atomic E-state index is 0.113. The van der Waals surface area contributed by atoms with Crippen molar-refractivity contribution in [3.8, 4) is 11.5 Å². The molecule has 1 atom stereocenters. The van der Waals surface area contributed by atoms with Crippen molar-refractivity contribution in [2.45, 2.75) is 38.0 Å². The Kier molecular flexibility index (Phi) is 12.1. The second-order valence-electron chi connectivity index (χ2n) is 10.3. The van der Waals surface area contributed by atoms with E-state index in [0.717, 1.165) is 42.6 Å². The highest BCUT2D eigenvalue weighted by atomic mass is 16.7. The van der Waals surface area contributed by atoms with E-state index in [0.29, 0.717) is 12.3 Å². The molecular formula is C35H40N2O6. The van der Waals surface area contributed by atoms with Gasteiger partial charge in [-0.05, 0) is 54.7 Å². The van der Waals surface area contributed by atoms with Gasteiger partial charge in [-0.15, -0.1) is 0 Å². The molecule has 1 fully saturated rings. The van der Waals surface area contributed by atoms with Gasteiger partial charge >= 0.3 is 6.16 Å². The van der Waals surface area contributed by atoms with E-state index >= 15 is 0 Å². The molecule has 3 aromatic rings. The van der Waals surface area contributed by atoms with Gasteiger partial charge in [-0.1, -0.05) is 85.0 Å². The van der Waals surface area contributed by atoms with Gasteiger partial charge in [0.2, 0.25) is 0 Å². The number of carbonyl (C=O) groups excluding carboxylic acids is 2. The summed E-state index contributed by atoms with van der Waals surface area (Å²) in [5.41, 5.74) is 9.35. The normalized spacial score (nSPS) is 15.2. The Balaban J connectivity index is 1.24. The number of allylic oxidation sites excluding steroid dienone is 2. The summed E-state index contributed by atoms with van der Waals surface area (Å²) in [4.78, 5) is 26.5. The number of likely N-dealkylation sites (tertiary alicyclic amines) is 1. The number of benzene rings is 3. The summed E-state index contributed by atoms with van der Waals surface area (Å²) >= 11 is 0. The van der Waals surface area contributed by atoms with Crippen molar-refractivity contribution in [1.82, 2.24) is 4.90 Å². The molecule has 3 aromatic carbocycles. The zero-order chi connectivity index (χ0) is 30.4. The summed E-state index contributed by atoms with van der Waals surface area (Å²) in [6.07, 6.45) is 7.71. The van der Waals surface area contributed by atoms with Crippen LogP contribution in [0.1, 0.15) is 42.6 Å². The number of rotatable bonds is 13. The van der Waals surface area contributed by atoms with E-state index in [9.17, 15) is 9.59 Å². The fraction of sp³-hybridized carbons (Fsp3) is 0.314. The largest absolute Gasteiger partial charge is 0.513 e. The molecule has 0 bridgehead atoms. The Hall–Kier alpha value is -4.24. The Morgan fingerprint density at radius 1 is 0.930 bits per heavy atom. The summed E-state index contributed by atoms with van der Waals surface area (Å²) in [6.45, 7) is 4.06. The topological polar surface area (TPSA) is 100 Å². The summed E-state index contributed by atoms with van der Waals surface area (Å²) in [6, 6.07) is 25.1. The van der Waals surface area contributed by atoms with Gasteiger partial charge in [0.25, 0.3) is 0 Å². The average molecular weight is 585 g/mol. The van der Waals surface area contributed by atoms with Crippen molar-refractivity contribution < 1.29 is 28.5 Å². The van der Waals surface area contributed by atoms with E-state index in [1.807, 2.05) is 42.5 Å². The summed E-state index contributed by atoms with van der Waals surface area (Å²) in [5.74, 6) is 0.520. The lowest BCUT2D eigenvalue weighted by molar-refractivity contribution is -0.116. The highest BCUT2D eigenvalue weighted by Gasteiger charge is 2.26. The molecule has 1 aliphatic rings. The number of hydrogen-bond acceptors (Lipinski definition) is 8. The molecule has 8 heteroatoms. The van der Waals surface area contributed by atoms with Gasteiger partial charge in [0.05, 0.1) is 25.9 Å². The minimum atomic E-state index is -0.792. The maximum Gasteiger partial charge on any atom is 0.513 e. The van der Waals surface area contributed by atoms with E-state index in [-0.39, 0.29) is 30.3 Å². The third-order valence-electron chi connectivity index (χ3n) is 7.19. The number of nitrogens with two attached hydrogens (primary N) is 1. The second kappa shape index (κ2) is 16.4. The van der Waals surface area contributed by atoms with Crippen LogP contribution in [-0.4, -0.2) is 62.3 Å². The summed E-state index contributed by atoms with van der Waals surface area (Å²) in [5, 5.41) is 0. The maximum atomic E-state index is 12.7. The smallest absolute Gasteiger partial charge is 0.493 e. The Bertz CT molecular complexity index is 1330. The standard InChI is InChI=1S/C35H40N2O6/c1-3-41-35(39)43-32-19-18-26(24-33(32)40-2)12-10-11-17-31(38)30(36)25-37-22-20-29(21-23-37)42-34(27-13-6-4-7-14-27)28-15-8-5-9-16-28/h4-19,24,29-30,34H,3,20-23,25,36H2,1-2H3. The monoisotopic (exact) mass is 584 g/mol. The third kappa shape index (κ3) is 9.64. The predicted molar refractivity (Wildman–Crippen MR) is 167 cm³/mol. The average Bonchev–Trinajstić information content (AvgIpc) is 3.04. The first-order chi connectivity index (χ1) is 21.0. The molecule has 0 aliphatic carbocycles. The highest BCUT2D eigenvalue weighted by molar-refractivity contribution is 5.94. The Morgan fingerprint density at radius 2 is 1.58 bits per heavy atom. The molecule has 1 heterocycles. The summed E-state index contributed by atoms with van der Waals surface area (Å²) in [7, 11) is 1.49. The molecule has 0 radical (unpaired) electrons. The van der Waals surface area contributed by atoms with Crippen molar-refractivity contribution in [3.05, 3.63) is 114 Å². The number of hydrogen-bond donors (Lipinski definition) is 1. The van der Waals surface area contributed by atoms with E-state index < -0.39 is 12.2 Å². The lowest BCUT2D eigenvalue weighted by Crippen LogP contribution is -2.46. The first-order valence-electron chi connectivity index (χ1n) is 14.6. The van der Waals surface area contributed by atoms with Crippen LogP contribution in [-0.2, 0) is 14.3 Å². The van der Waals surface area contributed by atoms with E-state index in [4.69, 9.17) is 24.7 Å². The molecule has 1 saturated heterocycles. The zero-order valence-corrected chi connectivity index (χ0v) is 24.8. The van der Waals surface area contributed by atoms with Crippen LogP contribution in [0.3, 0.4) is 0 Å². The van der Waals surface area contributed by atoms with Crippen molar-refractivity contribution in [1.29, 1.82) is 0 Å². The molecule has 226 valence electrons. The predicted octanol–water partition coefficient (Wildman–Crippen LogP) is 5.97.